The summed E-state index contributed by atoms with van der Waals surface area (Å²) in [6.45, 7) is 0. The van der Waals surface area contributed by atoms with Crippen molar-refractivity contribution in [3.8, 4) is 11.4 Å². The molecule has 110 valence electrons. The molecule has 22 heavy (non-hydrogen) atoms. The quantitative estimate of drug-likeness (QED) is 0.775. The minimum atomic E-state index is -0.308. The van der Waals surface area contributed by atoms with E-state index in [-0.39, 0.29) is 18.1 Å². The fraction of sp³-hybridized carbons (Fsp3) is 0.0588. The lowest BCUT2D eigenvalue weighted by molar-refractivity contribution is -0.115. The van der Waals surface area contributed by atoms with Gasteiger partial charge < -0.3 is 10.3 Å². The van der Waals surface area contributed by atoms with Crippen molar-refractivity contribution < 1.29 is 9.18 Å². The normalized spacial score (nSPS) is 10.4. The number of aromatic amines is 1. The molecule has 1 aromatic heterocycles. The number of benzene rings is 2. The molecule has 0 aliphatic heterocycles. The van der Waals surface area contributed by atoms with Crippen LogP contribution in [0.15, 0.2) is 60.9 Å². The second-order valence-corrected chi connectivity index (χ2v) is 4.87. The van der Waals surface area contributed by atoms with Crippen molar-refractivity contribution >= 4 is 11.6 Å². The van der Waals surface area contributed by atoms with E-state index >= 15 is 0 Å². The van der Waals surface area contributed by atoms with E-state index in [0.717, 1.165) is 17.0 Å². The molecule has 1 amide bonds. The number of hydrogen-bond acceptors (Lipinski definition) is 2. The molecule has 0 unspecified atom stereocenters. The largest absolute Gasteiger partial charge is 0.345 e. The first-order valence-electron chi connectivity index (χ1n) is 6.85. The van der Waals surface area contributed by atoms with Crippen molar-refractivity contribution in [1.82, 2.24) is 9.97 Å². The lowest BCUT2D eigenvalue weighted by Crippen LogP contribution is -2.14. The maximum Gasteiger partial charge on any atom is 0.228 e. The lowest BCUT2D eigenvalue weighted by atomic mass is 10.1. The number of anilines is 1. The number of amides is 1. The summed E-state index contributed by atoms with van der Waals surface area (Å²) in [6.07, 6.45) is 3.65. The molecular weight excluding hydrogens is 281 g/mol. The number of carbonyl (C=O) groups excluding carboxylic acids is 1. The third-order valence-corrected chi connectivity index (χ3v) is 3.22. The van der Waals surface area contributed by atoms with Crippen LogP contribution in [0, 0.1) is 5.82 Å². The lowest BCUT2D eigenvalue weighted by Gasteiger charge is -2.06. The van der Waals surface area contributed by atoms with E-state index in [9.17, 15) is 9.18 Å². The van der Waals surface area contributed by atoms with Crippen LogP contribution in [0.1, 0.15) is 5.56 Å². The molecule has 3 rings (SSSR count). The first-order valence-corrected chi connectivity index (χ1v) is 6.85. The Bertz CT molecular complexity index is 750. The summed E-state index contributed by atoms with van der Waals surface area (Å²) in [6, 6.07) is 13.3. The number of rotatable bonds is 4. The molecule has 3 aromatic rings. The molecule has 0 aliphatic rings. The Morgan fingerprint density at radius 1 is 1.09 bits per heavy atom. The van der Waals surface area contributed by atoms with Crippen molar-refractivity contribution in [3.63, 3.8) is 0 Å². The van der Waals surface area contributed by atoms with Crippen LogP contribution >= 0.6 is 0 Å². The topological polar surface area (TPSA) is 57.8 Å². The van der Waals surface area contributed by atoms with Gasteiger partial charge in [-0.1, -0.05) is 12.1 Å². The Kier molecular flexibility index (Phi) is 3.96. The highest BCUT2D eigenvalue weighted by atomic mass is 19.1. The Balaban J connectivity index is 1.63. The van der Waals surface area contributed by atoms with Gasteiger partial charge in [-0.15, -0.1) is 0 Å². The zero-order chi connectivity index (χ0) is 15.4. The Hall–Kier alpha value is -2.95. The molecule has 0 bridgehead atoms. The summed E-state index contributed by atoms with van der Waals surface area (Å²) in [5.41, 5.74) is 2.43. The molecule has 0 atom stereocenters. The van der Waals surface area contributed by atoms with Crippen LogP contribution in [0.2, 0.25) is 0 Å². The smallest absolute Gasteiger partial charge is 0.228 e. The number of H-pyrrole nitrogens is 1. The zero-order valence-electron chi connectivity index (χ0n) is 11.7. The van der Waals surface area contributed by atoms with Crippen LogP contribution < -0.4 is 5.32 Å². The highest BCUT2D eigenvalue weighted by Gasteiger charge is 2.05. The van der Waals surface area contributed by atoms with Crippen LogP contribution in [0.4, 0.5) is 10.1 Å². The molecule has 1 heterocycles. The number of imidazole rings is 1. The molecule has 2 N–H and O–H groups in total. The van der Waals surface area contributed by atoms with Crippen molar-refractivity contribution in [2.45, 2.75) is 6.42 Å². The van der Waals surface area contributed by atoms with Crippen LogP contribution in [0.5, 0.6) is 0 Å². The molecule has 0 fully saturated rings. The number of nitrogens with zero attached hydrogens (tertiary/aromatic N) is 1. The molecule has 0 radical (unpaired) electrons. The highest BCUT2D eigenvalue weighted by molar-refractivity contribution is 5.92. The third-order valence-electron chi connectivity index (χ3n) is 3.22. The molecule has 0 saturated heterocycles. The van der Waals surface area contributed by atoms with E-state index in [1.54, 1.807) is 24.5 Å². The number of nitrogens with one attached hydrogen (secondary N) is 2. The fourth-order valence-corrected chi connectivity index (χ4v) is 2.13. The van der Waals surface area contributed by atoms with Gasteiger partial charge in [0, 0.05) is 23.6 Å². The SMILES string of the molecule is O=C(Cc1ccc(F)cc1)Nc1ccc(-c2ncc[nH]2)cc1. The van der Waals surface area contributed by atoms with Gasteiger partial charge in [-0.05, 0) is 42.0 Å². The first kappa shape index (κ1) is 14.0. The molecule has 2 aromatic carbocycles. The summed E-state index contributed by atoms with van der Waals surface area (Å²) >= 11 is 0. The summed E-state index contributed by atoms with van der Waals surface area (Å²) in [4.78, 5) is 19.1. The second-order valence-electron chi connectivity index (χ2n) is 4.87. The first-order chi connectivity index (χ1) is 10.7. The van der Waals surface area contributed by atoms with Gasteiger partial charge >= 0.3 is 0 Å². The van der Waals surface area contributed by atoms with Crippen LogP contribution in [-0.2, 0) is 11.2 Å². The van der Waals surface area contributed by atoms with Crippen LogP contribution in [0.25, 0.3) is 11.4 Å². The minimum absolute atomic E-state index is 0.141. The molecule has 0 spiro atoms. The number of hydrogen-bond donors (Lipinski definition) is 2. The number of aromatic nitrogens is 2. The van der Waals surface area contributed by atoms with Gasteiger partial charge in [0.15, 0.2) is 0 Å². The summed E-state index contributed by atoms with van der Waals surface area (Å²) < 4.78 is 12.8. The second kappa shape index (κ2) is 6.22. The van der Waals surface area contributed by atoms with Crippen LogP contribution in [0.3, 0.4) is 0 Å². The Morgan fingerprint density at radius 2 is 1.82 bits per heavy atom. The zero-order valence-corrected chi connectivity index (χ0v) is 11.7. The van der Waals surface area contributed by atoms with Gasteiger partial charge in [0.2, 0.25) is 5.91 Å². The van der Waals surface area contributed by atoms with E-state index < -0.39 is 0 Å². The van der Waals surface area contributed by atoms with Crippen molar-refractivity contribution in [2.75, 3.05) is 5.32 Å². The number of halogens is 1. The van der Waals surface area contributed by atoms with Crippen LogP contribution in [-0.4, -0.2) is 15.9 Å². The van der Waals surface area contributed by atoms with E-state index in [1.165, 1.54) is 12.1 Å². The van der Waals surface area contributed by atoms with Crippen molar-refractivity contribution in [3.05, 3.63) is 72.3 Å². The minimum Gasteiger partial charge on any atom is -0.345 e. The van der Waals surface area contributed by atoms with Gasteiger partial charge in [-0.2, -0.15) is 0 Å². The Morgan fingerprint density at radius 3 is 2.45 bits per heavy atom. The maximum atomic E-state index is 12.8. The van der Waals surface area contributed by atoms with Crippen molar-refractivity contribution in [1.29, 1.82) is 0 Å². The van der Waals surface area contributed by atoms with E-state index in [2.05, 4.69) is 15.3 Å². The third kappa shape index (κ3) is 3.38. The van der Waals surface area contributed by atoms with Gasteiger partial charge in [-0.3, -0.25) is 4.79 Å². The average molecular weight is 295 g/mol. The fourth-order valence-electron chi connectivity index (χ4n) is 2.13. The molecule has 4 nitrogen and oxygen atoms in total. The maximum absolute atomic E-state index is 12.8. The number of carbonyl (C=O) groups is 1. The van der Waals surface area contributed by atoms with Gasteiger partial charge in [0.05, 0.1) is 6.42 Å². The van der Waals surface area contributed by atoms with Gasteiger partial charge in [0.25, 0.3) is 0 Å². The summed E-state index contributed by atoms with van der Waals surface area (Å²) in [7, 11) is 0. The monoisotopic (exact) mass is 295 g/mol. The molecular formula is C17H14FN3O. The summed E-state index contributed by atoms with van der Waals surface area (Å²) in [5.74, 6) is 0.333. The highest BCUT2D eigenvalue weighted by Crippen LogP contribution is 2.17. The standard InChI is InChI=1S/C17H14FN3O/c18-14-5-1-12(2-6-14)11-16(22)21-15-7-3-13(4-8-15)17-19-9-10-20-17/h1-10H,11H2,(H,19,20)(H,21,22). The predicted octanol–water partition coefficient (Wildman–Crippen LogP) is 3.40. The predicted molar refractivity (Wildman–Crippen MR) is 82.8 cm³/mol. The molecule has 0 saturated carbocycles. The van der Waals surface area contributed by atoms with Gasteiger partial charge in [-0.25, -0.2) is 9.37 Å². The van der Waals surface area contributed by atoms with Crippen molar-refractivity contribution in [2.24, 2.45) is 0 Å². The molecule has 0 aliphatic carbocycles. The Labute approximate surface area is 127 Å². The van der Waals surface area contributed by atoms with E-state index in [4.69, 9.17) is 0 Å². The van der Waals surface area contributed by atoms with Gasteiger partial charge in [0.1, 0.15) is 11.6 Å². The summed E-state index contributed by atoms with van der Waals surface area (Å²) in [5, 5.41) is 2.81. The average Bonchev–Trinajstić information content (AvgIpc) is 3.05. The van der Waals surface area contributed by atoms with E-state index in [1.807, 2.05) is 24.3 Å². The van der Waals surface area contributed by atoms with E-state index in [0.29, 0.717) is 5.69 Å². The molecule has 5 heteroatoms.